The normalized spacial score (nSPS) is 12.0. The Hall–Kier alpha value is -3.54. The summed E-state index contributed by atoms with van der Waals surface area (Å²) in [5, 5.41) is 0. The zero-order valence-corrected chi connectivity index (χ0v) is 25.4. The number of esters is 1. The van der Waals surface area contributed by atoms with Crippen LogP contribution >= 0.6 is 0 Å². The highest BCUT2D eigenvalue weighted by molar-refractivity contribution is 5.81. The average molecular weight is 598 g/mol. The van der Waals surface area contributed by atoms with Gasteiger partial charge in [0, 0.05) is 12.8 Å². The molecule has 238 valence electrons. The molecule has 0 saturated heterocycles. The molecule has 0 spiro atoms. The largest absolute Gasteiger partial charge is 0.513 e. The summed E-state index contributed by atoms with van der Waals surface area (Å²) in [4.78, 5) is 49.1. The Morgan fingerprint density at radius 1 is 0.667 bits per heavy atom. The third-order valence-corrected chi connectivity index (χ3v) is 6.18. The molecule has 42 heavy (non-hydrogen) atoms. The van der Waals surface area contributed by atoms with Crippen LogP contribution in [-0.4, -0.2) is 63.5 Å². The molecule has 0 aliphatic carbocycles. The van der Waals surface area contributed by atoms with E-state index in [1.165, 1.54) is 19.2 Å². The molecule has 1 rings (SSSR count). The molecular formula is C30H47NO11. The van der Waals surface area contributed by atoms with Gasteiger partial charge in [-0.3, -0.25) is 4.79 Å². The van der Waals surface area contributed by atoms with Crippen molar-refractivity contribution in [2.45, 2.75) is 96.9 Å². The van der Waals surface area contributed by atoms with Gasteiger partial charge in [-0.1, -0.05) is 65.4 Å². The molecule has 0 saturated carbocycles. The fourth-order valence-corrected chi connectivity index (χ4v) is 3.78. The van der Waals surface area contributed by atoms with Gasteiger partial charge in [0.2, 0.25) is 0 Å². The van der Waals surface area contributed by atoms with E-state index in [9.17, 15) is 19.2 Å². The molecule has 1 atom stereocenters. The lowest BCUT2D eigenvalue weighted by Crippen LogP contribution is -2.51. The molecule has 2 N–H and O–H groups in total. The highest BCUT2D eigenvalue weighted by atomic mass is 16.7. The van der Waals surface area contributed by atoms with Crippen LogP contribution in [0.4, 0.5) is 14.4 Å². The highest BCUT2D eigenvalue weighted by Crippen LogP contribution is 2.31. The van der Waals surface area contributed by atoms with E-state index in [0.717, 1.165) is 44.9 Å². The van der Waals surface area contributed by atoms with Crippen molar-refractivity contribution < 1.29 is 52.3 Å². The van der Waals surface area contributed by atoms with Crippen LogP contribution in [-0.2, 0) is 34.9 Å². The number of methoxy groups -OCH3 is 1. The number of ether oxygens (including phenoxy) is 7. The summed E-state index contributed by atoms with van der Waals surface area (Å²) in [6.07, 6.45) is 4.71. The first-order valence-electron chi connectivity index (χ1n) is 14.7. The van der Waals surface area contributed by atoms with E-state index in [1.54, 1.807) is 6.07 Å². The van der Waals surface area contributed by atoms with Crippen LogP contribution in [0.3, 0.4) is 0 Å². The molecule has 0 aliphatic rings. The minimum absolute atomic E-state index is 0.0816. The Morgan fingerprint density at radius 3 is 1.64 bits per heavy atom. The van der Waals surface area contributed by atoms with Crippen LogP contribution in [0.15, 0.2) is 18.2 Å². The summed E-state index contributed by atoms with van der Waals surface area (Å²) in [6.45, 7) is 6.47. The highest BCUT2D eigenvalue weighted by Gasteiger charge is 2.36. The lowest BCUT2D eigenvalue weighted by molar-refractivity contribution is -0.147. The van der Waals surface area contributed by atoms with E-state index in [0.29, 0.717) is 18.4 Å². The summed E-state index contributed by atoms with van der Waals surface area (Å²) in [7, 11) is 1.19. The number of benzene rings is 1. The molecule has 0 bridgehead atoms. The van der Waals surface area contributed by atoms with Crippen molar-refractivity contribution in [3.05, 3.63) is 23.8 Å². The van der Waals surface area contributed by atoms with E-state index >= 15 is 0 Å². The lowest BCUT2D eigenvalue weighted by Gasteiger charge is -2.26. The average Bonchev–Trinajstić information content (AvgIpc) is 2.96. The van der Waals surface area contributed by atoms with E-state index in [-0.39, 0.29) is 50.8 Å². The SMILES string of the molecule is CCCCCOC(=O)OCC[C@@](N)(Cc1ccc(OC(=O)OCCCCC)c(OC(=O)OCCCCC)c1)C(=O)OC. The maximum absolute atomic E-state index is 12.6. The first kappa shape index (κ1) is 36.5. The summed E-state index contributed by atoms with van der Waals surface area (Å²) in [5.74, 6) is -0.951. The minimum Gasteiger partial charge on any atom is -0.468 e. The predicted octanol–water partition coefficient (Wildman–Crippen LogP) is 6.24. The molecule has 0 radical (unpaired) electrons. The smallest absolute Gasteiger partial charge is 0.468 e. The van der Waals surface area contributed by atoms with Crippen LogP contribution in [0.2, 0.25) is 0 Å². The lowest BCUT2D eigenvalue weighted by atomic mass is 9.88. The van der Waals surface area contributed by atoms with Gasteiger partial charge in [-0.15, -0.1) is 0 Å². The fraction of sp³-hybridized carbons (Fsp3) is 0.667. The Labute approximate surface area is 248 Å². The van der Waals surface area contributed by atoms with E-state index in [4.69, 9.17) is 38.9 Å². The van der Waals surface area contributed by atoms with Gasteiger partial charge >= 0.3 is 24.4 Å². The molecule has 12 nitrogen and oxygen atoms in total. The number of carbonyl (C=O) groups excluding carboxylic acids is 4. The summed E-state index contributed by atoms with van der Waals surface area (Å²) in [6, 6.07) is 4.34. The number of unbranched alkanes of at least 4 members (excludes halogenated alkanes) is 6. The fourth-order valence-electron chi connectivity index (χ4n) is 3.78. The number of nitrogens with two attached hydrogens (primary N) is 1. The van der Waals surface area contributed by atoms with E-state index in [2.05, 4.69) is 0 Å². The van der Waals surface area contributed by atoms with Gasteiger partial charge in [-0.25, -0.2) is 14.4 Å². The number of rotatable bonds is 20. The van der Waals surface area contributed by atoms with Crippen molar-refractivity contribution in [1.29, 1.82) is 0 Å². The molecule has 12 heteroatoms. The quantitative estimate of drug-likeness (QED) is 0.0781. The monoisotopic (exact) mass is 597 g/mol. The Bertz CT molecular complexity index is 969. The maximum Gasteiger partial charge on any atom is 0.513 e. The minimum atomic E-state index is -1.60. The molecule has 0 amide bonds. The van der Waals surface area contributed by atoms with Gasteiger partial charge in [0.1, 0.15) is 5.54 Å². The number of hydrogen-bond donors (Lipinski definition) is 1. The zero-order chi connectivity index (χ0) is 31.2. The van der Waals surface area contributed by atoms with Crippen LogP contribution in [0.1, 0.15) is 90.5 Å². The summed E-state index contributed by atoms with van der Waals surface area (Å²) in [5.41, 5.74) is 5.25. The van der Waals surface area contributed by atoms with Gasteiger partial charge < -0.3 is 38.9 Å². The molecule has 0 aliphatic heterocycles. The molecule has 0 heterocycles. The summed E-state index contributed by atoms with van der Waals surface area (Å²) < 4.78 is 35.8. The first-order chi connectivity index (χ1) is 20.2. The molecule has 0 fully saturated rings. The van der Waals surface area contributed by atoms with Crippen molar-refractivity contribution in [1.82, 2.24) is 0 Å². The standard InChI is InChI=1S/C30H47NO11/c1-5-8-11-17-37-27(33)40-20-16-30(31,26(32)36-4)22-23-14-15-24(41-28(34)38-18-12-9-6-2)25(21-23)42-29(35)39-19-13-10-7-3/h14-15,21H,5-13,16-20,22,31H2,1-4H3/t30-/m1/s1. The Kier molecular flexibility index (Phi) is 18.4. The molecule has 0 unspecified atom stereocenters. The van der Waals surface area contributed by atoms with Gasteiger partial charge in [0.25, 0.3) is 0 Å². The zero-order valence-electron chi connectivity index (χ0n) is 25.4. The van der Waals surface area contributed by atoms with Crippen molar-refractivity contribution in [3.63, 3.8) is 0 Å². The van der Waals surface area contributed by atoms with Gasteiger partial charge in [0.05, 0.1) is 33.5 Å². The Balaban J connectivity index is 3.01. The van der Waals surface area contributed by atoms with Crippen molar-refractivity contribution in [2.24, 2.45) is 5.73 Å². The third kappa shape index (κ3) is 14.9. The second-order valence-electron chi connectivity index (χ2n) is 9.82. The second-order valence-corrected chi connectivity index (χ2v) is 9.82. The third-order valence-electron chi connectivity index (χ3n) is 6.18. The van der Waals surface area contributed by atoms with Crippen molar-refractivity contribution >= 4 is 24.4 Å². The predicted molar refractivity (Wildman–Crippen MR) is 154 cm³/mol. The molecule has 0 aromatic heterocycles. The molecular weight excluding hydrogens is 550 g/mol. The second kappa shape index (κ2) is 21.2. The molecule has 1 aromatic carbocycles. The van der Waals surface area contributed by atoms with E-state index < -0.39 is 30.0 Å². The number of carbonyl (C=O) groups is 4. The van der Waals surface area contributed by atoms with Gasteiger partial charge in [0.15, 0.2) is 11.5 Å². The van der Waals surface area contributed by atoms with Crippen LogP contribution < -0.4 is 15.2 Å². The van der Waals surface area contributed by atoms with Crippen LogP contribution in [0, 0.1) is 0 Å². The Morgan fingerprint density at radius 2 is 1.14 bits per heavy atom. The van der Waals surface area contributed by atoms with E-state index in [1.807, 2.05) is 20.8 Å². The van der Waals surface area contributed by atoms with Gasteiger partial charge in [-0.2, -0.15) is 0 Å². The van der Waals surface area contributed by atoms with Crippen molar-refractivity contribution in [2.75, 3.05) is 33.5 Å². The molecule has 1 aromatic rings. The number of hydrogen-bond acceptors (Lipinski definition) is 12. The maximum atomic E-state index is 12.6. The topological polar surface area (TPSA) is 159 Å². The van der Waals surface area contributed by atoms with Crippen molar-refractivity contribution in [3.8, 4) is 11.5 Å². The van der Waals surface area contributed by atoms with Gasteiger partial charge in [-0.05, 0) is 37.0 Å². The first-order valence-corrected chi connectivity index (χ1v) is 14.7. The van der Waals surface area contributed by atoms with Crippen LogP contribution in [0.5, 0.6) is 11.5 Å². The van der Waals surface area contributed by atoms with Crippen LogP contribution in [0.25, 0.3) is 0 Å². The summed E-state index contributed by atoms with van der Waals surface area (Å²) >= 11 is 0.